The number of ether oxygens (including phenoxy) is 1. The van der Waals surface area contributed by atoms with Crippen LogP contribution in [0.15, 0.2) is 24.3 Å². The molecule has 0 saturated heterocycles. The van der Waals surface area contributed by atoms with Crippen molar-refractivity contribution in [3.8, 4) is 0 Å². The predicted molar refractivity (Wildman–Crippen MR) is 91.8 cm³/mol. The summed E-state index contributed by atoms with van der Waals surface area (Å²) in [6.45, 7) is 13.2. The lowest BCUT2D eigenvalue weighted by molar-refractivity contribution is 0.170. The Kier molecular flexibility index (Phi) is 7.41. The van der Waals surface area contributed by atoms with E-state index in [1.165, 1.54) is 11.1 Å². The fourth-order valence-electron chi connectivity index (χ4n) is 2.61. The normalized spacial score (nSPS) is 15.0. The smallest absolute Gasteiger partial charge is 0.0465 e. The van der Waals surface area contributed by atoms with Gasteiger partial charge in [-0.05, 0) is 41.8 Å². The molecule has 0 aliphatic rings. The summed E-state index contributed by atoms with van der Waals surface area (Å²) in [5.74, 6) is 0.567. The van der Waals surface area contributed by atoms with Gasteiger partial charge in [-0.1, -0.05) is 58.9 Å². The fraction of sp³-hybridized carbons (Fsp3) is 0.684. The highest BCUT2D eigenvalue weighted by Crippen LogP contribution is 2.28. The van der Waals surface area contributed by atoms with E-state index in [9.17, 15) is 0 Å². The maximum absolute atomic E-state index is 5.24. The quantitative estimate of drug-likeness (QED) is 0.749. The van der Waals surface area contributed by atoms with E-state index >= 15 is 0 Å². The van der Waals surface area contributed by atoms with Gasteiger partial charge >= 0.3 is 0 Å². The van der Waals surface area contributed by atoms with Crippen molar-refractivity contribution in [2.45, 2.75) is 58.9 Å². The van der Waals surface area contributed by atoms with Crippen LogP contribution in [0, 0.1) is 5.92 Å². The molecule has 21 heavy (non-hydrogen) atoms. The van der Waals surface area contributed by atoms with Gasteiger partial charge in [-0.25, -0.2) is 0 Å². The van der Waals surface area contributed by atoms with Crippen LogP contribution in [-0.4, -0.2) is 20.3 Å². The van der Waals surface area contributed by atoms with Crippen LogP contribution in [-0.2, 0) is 10.2 Å². The second-order valence-corrected chi connectivity index (χ2v) is 7.06. The molecule has 0 aliphatic heterocycles. The Balaban J connectivity index is 2.86. The minimum atomic E-state index is 0.215. The van der Waals surface area contributed by atoms with Crippen LogP contribution >= 0.6 is 0 Å². The third kappa shape index (κ3) is 5.80. The lowest BCUT2D eigenvalue weighted by atomic mass is 9.85. The molecule has 1 aromatic rings. The van der Waals surface area contributed by atoms with Crippen molar-refractivity contribution in [2.75, 3.05) is 20.3 Å². The molecule has 0 radical (unpaired) electrons. The molecule has 0 saturated carbocycles. The Morgan fingerprint density at radius 2 is 1.76 bits per heavy atom. The van der Waals surface area contributed by atoms with Crippen LogP contribution in [0.2, 0.25) is 0 Å². The Hall–Kier alpha value is -0.860. The van der Waals surface area contributed by atoms with E-state index in [1.807, 2.05) is 0 Å². The molecule has 2 nitrogen and oxygen atoms in total. The molecule has 0 spiro atoms. The number of hydrogen-bond donors (Lipinski definition) is 1. The molecule has 0 bridgehead atoms. The molecule has 2 heteroatoms. The maximum atomic E-state index is 5.24. The van der Waals surface area contributed by atoms with Crippen LogP contribution < -0.4 is 5.32 Å². The molecule has 1 N–H and O–H groups in total. The van der Waals surface area contributed by atoms with Crippen molar-refractivity contribution in [1.82, 2.24) is 5.32 Å². The first-order valence-corrected chi connectivity index (χ1v) is 8.23. The maximum Gasteiger partial charge on any atom is 0.0465 e. The number of nitrogens with one attached hydrogen (secondary N) is 1. The fourth-order valence-corrected chi connectivity index (χ4v) is 2.61. The highest BCUT2D eigenvalue weighted by atomic mass is 16.5. The summed E-state index contributed by atoms with van der Waals surface area (Å²) in [6.07, 6.45) is 2.24. The van der Waals surface area contributed by atoms with Crippen LogP contribution in [0.1, 0.15) is 64.6 Å². The predicted octanol–water partition coefficient (Wildman–Crippen LogP) is 4.70. The molecule has 0 fully saturated rings. The van der Waals surface area contributed by atoms with Crippen LogP contribution in [0.5, 0.6) is 0 Å². The third-order valence-corrected chi connectivity index (χ3v) is 4.10. The number of rotatable bonds is 8. The topological polar surface area (TPSA) is 21.3 Å². The summed E-state index contributed by atoms with van der Waals surface area (Å²) >= 11 is 0. The lowest BCUT2D eigenvalue weighted by Gasteiger charge is -2.27. The summed E-state index contributed by atoms with van der Waals surface area (Å²) < 4.78 is 5.24. The van der Waals surface area contributed by atoms with Gasteiger partial charge in [-0.15, -0.1) is 0 Å². The van der Waals surface area contributed by atoms with Gasteiger partial charge in [-0.2, -0.15) is 0 Å². The van der Waals surface area contributed by atoms with E-state index in [4.69, 9.17) is 4.74 Å². The van der Waals surface area contributed by atoms with Gasteiger partial charge in [-0.3, -0.25) is 0 Å². The average molecular weight is 291 g/mol. The van der Waals surface area contributed by atoms with Crippen LogP contribution in [0.4, 0.5) is 0 Å². The zero-order valence-corrected chi connectivity index (χ0v) is 14.7. The second kappa shape index (κ2) is 8.55. The van der Waals surface area contributed by atoms with Gasteiger partial charge in [0.25, 0.3) is 0 Å². The van der Waals surface area contributed by atoms with Crippen LogP contribution in [0.3, 0.4) is 0 Å². The van der Waals surface area contributed by atoms with Gasteiger partial charge in [0.1, 0.15) is 0 Å². The van der Waals surface area contributed by atoms with Gasteiger partial charge in [0.05, 0.1) is 0 Å². The Bertz CT molecular complexity index is 391. The van der Waals surface area contributed by atoms with Crippen molar-refractivity contribution in [2.24, 2.45) is 5.92 Å². The van der Waals surface area contributed by atoms with Crippen molar-refractivity contribution >= 4 is 0 Å². The summed E-state index contributed by atoms with van der Waals surface area (Å²) in [4.78, 5) is 0. The summed E-state index contributed by atoms with van der Waals surface area (Å²) in [5, 5.41) is 3.70. The molecule has 0 aromatic heterocycles. The number of hydrogen-bond acceptors (Lipinski definition) is 2. The molecular weight excluding hydrogens is 258 g/mol. The van der Waals surface area contributed by atoms with E-state index in [2.05, 4.69) is 64.2 Å². The Labute approximate surface area is 131 Å². The average Bonchev–Trinajstić information content (AvgIpc) is 2.45. The SMILES string of the molecule is CCCNC(c1ccc(C(C)(C)C)cc1)C(C)CCOC. The Morgan fingerprint density at radius 1 is 1.14 bits per heavy atom. The van der Waals surface area contributed by atoms with Crippen molar-refractivity contribution < 1.29 is 4.74 Å². The molecule has 1 aromatic carbocycles. The summed E-state index contributed by atoms with van der Waals surface area (Å²) in [6, 6.07) is 9.54. The lowest BCUT2D eigenvalue weighted by Crippen LogP contribution is -2.28. The highest BCUT2D eigenvalue weighted by molar-refractivity contribution is 5.29. The molecule has 2 unspecified atom stereocenters. The minimum Gasteiger partial charge on any atom is -0.385 e. The first-order valence-electron chi connectivity index (χ1n) is 8.23. The minimum absolute atomic E-state index is 0.215. The molecular formula is C19H33NO. The summed E-state index contributed by atoms with van der Waals surface area (Å²) in [5.41, 5.74) is 3.00. The second-order valence-electron chi connectivity index (χ2n) is 7.06. The van der Waals surface area contributed by atoms with Crippen molar-refractivity contribution in [3.63, 3.8) is 0 Å². The largest absolute Gasteiger partial charge is 0.385 e. The highest BCUT2D eigenvalue weighted by Gasteiger charge is 2.20. The van der Waals surface area contributed by atoms with Crippen LogP contribution in [0.25, 0.3) is 0 Å². The van der Waals surface area contributed by atoms with Crippen molar-refractivity contribution in [1.29, 1.82) is 0 Å². The molecule has 0 aliphatic carbocycles. The van der Waals surface area contributed by atoms with Gasteiger partial charge in [0.15, 0.2) is 0 Å². The zero-order valence-electron chi connectivity index (χ0n) is 14.7. The van der Waals surface area contributed by atoms with Gasteiger partial charge < -0.3 is 10.1 Å². The van der Waals surface area contributed by atoms with Gasteiger partial charge in [0, 0.05) is 19.8 Å². The third-order valence-electron chi connectivity index (χ3n) is 4.10. The first kappa shape index (κ1) is 18.2. The van der Waals surface area contributed by atoms with E-state index < -0.39 is 0 Å². The van der Waals surface area contributed by atoms with Crippen molar-refractivity contribution in [3.05, 3.63) is 35.4 Å². The monoisotopic (exact) mass is 291 g/mol. The molecule has 0 heterocycles. The standard InChI is InChI=1S/C19H33NO/c1-7-13-20-18(15(2)12-14-21-6)16-8-10-17(11-9-16)19(3,4)5/h8-11,15,18,20H,7,12-14H2,1-6H3. The summed E-state index contributed by atoms with van der Waals surface area (Å²) in [7, 11) is 1.78. The first-order chi connectivity index (χ1) is 9.90. The zero-order chi connectivity index (χ0) is 15.9. The number of benzene rings is 1. The molecule has 0 amide bonds. The van der Waals surface area contributed by atoms with E-state index in [-0.39, 0.29) is 5.41 Å². The van der Waals surface area contributed by atoms with E-state index in [1.54, 1.807) is 7.11 Å². The van der Waals surface area contributed by atoms with Gasteiger partial charge in [0.2, 0.25) is 0 Å². The van der Waals surface area contributed by atoms with E-state index in [0.29, 0.717) is 12.0 Å². The molecule has 2 atom stereocenters. The number of methoxy groups -OCH3 is 1. The molecule has 120 valence electrons. The molecule has 1 rings (SSSR count). The Morgan fingerprint density at radius 3 is 2.24 bits per heavy atom. The van der Waals surface area contributed by atoms with E-state index in [0.717, 1.165) is 26.0 Å².